The first-order chi connectivity index (χ1) is 13.5. The SMILES string of the molecule is CCOP(=O)(C#Cc1ccccc1Cn1cnc2c1NC(N)=NC2Cl)OCC. The Bertz CT molecular complexity index is 985. The Morgan fingerprint density at radius 3 is 2.75 bits per heavy atom. The number of nitrogens with one attached hydrogen (secondary N) is 1. The Morgan fingerprint density at radius 2 is 2.04 bits per heavy atom. The van der Waals surface area contributed by atoms with Gasteiger partial charge in [0.05, 0.1) is 26.1 Å². The first-order valence-corrected chi connectivity index (χ1v) is 10.7. The maximum absolute atomic E-state index is 12.6. The molecule has 2 heterocycles. The third kappa shape index (κ3) is 4.57. The van der Waals surface area contributed by atoms with Crippen LogP contribution in [-0.2, 0) is 20.2 Å². The zero-order valence-electron chi connectivity index (χ0n) is 15.6. The number of aliphatic imine (C=N–C) groups is 1. The van der Waals surface area contributed by atoms with Crippen LogP contribution in [0.25, 0.3) is 0 Å². The van der Waals surface area contributed by atoms with Gasteiger partial charge >= 0.3 is 7.60 Å². The van der Waals surface area contributed by atoms with E-state index in [0.717, 1.165) is 5.56 Å². The number of aromatic nitrogens is 2. The quantitative estimate of drug-likeness (QED) is 0.320. The van der Waals surface area contributed by atoms with Gasteiger partial charge in [0.1, 0.15) is 11.5 Å². The van der Waals surface area contributed by atoms with Crippen LogP contribution < -0.4 is 11.1 Å². The largest absolute Gasteiger partial charge is 0.405 e. The van der Waals surface area contributed by atoms with Crippen molar-refractivity contribution in [2.45, 2.75) is 25.9 Å². The number of guanidine groups is 1. The summed E-state index contributed by atoms with van der Waals surface area (Å²) in [5.41, 5.74) is 10.0. The van der Waals surface area contributed by atoms with Crippen LogP contribution in [0.15, 0.2) is 35.6 Å². The average molecular weight is 422 g/mol. The number of rotatable bonds is 6. The standard InChI is InChI=1S/C18H21ClN5O3P/c1-3-26-28(25,27-4-2)10-9-13-7-5-6-8-14(13)11-24-12-21-15-16(19)22-18(20)23-17(15)24/h5-8,12,16H,3-4,11H2,1-2H3,(H3,20,22,23). The van der Waals surface area contributed by atoms with Gasteiger partial charge in [-0.15, -0.1) is 0 Å². The van der Waals surface area contributed by atoms with E-state index < -0.39 is 13.1 Å². The van der Waals surface area contributed by atoms with Gasteiger partial charge in [-0.2, -0.15) is 0 Å². The molecule has 0 aliphatic carbocycles. The summed E-state index contributed by atoms with van der Waals surface area (Å²) in [6, 6.07) is 7.55. The van der Waals surface area contributed by atoms with Gasteiger partial charge in [-0.05, 0) is 25.5 Å². The second-order valence-electron chi connectivity index (χ2n) is 5.81. The number of benzene rings is 1. The minimum Gasteiger partial charge on any atom is -0.370 e. The van der Waals surface area contributed by atoms with Gasteiger partial charge in [-0.3, -0.25) is 9.05 Å². The van der Waals surface area contributed by atoms with Crippen LogP contribution in [0.1, 0.15) is 36.2 Å². The van der Waals surface area contributed by atoms with Crippen molar-refractivity contribution in [1.29, 1.82) is 0 Å². The van der Waals surface area contributed by atoms with Crippen LogP contribution in [-0.4, -0.2) is 28.7 Å². The molecule has 0 saturated heterocycles. The predicted octanol–water partition coefficient (Wildman–Crippen LogP) is 3.48. The van der Waals surface area contributed by atoms with Crippen molar-refractivity contribution in [3.8, 4) is 11.6 Å². The van der Waals surface area contributed by atoms with E-state index in [2.05, 4.69) is 26.9 Å². The van der Waals surface area contributed by atoms with E-state index in [4.69, 9.17) is 26.4 Å². The van der Waals surface area contributed by atoms with E-state index in [1.807, 2.05) is 28.8 Å². The maximum atomic E-state index is 12.6. The van der Waals surface area contributed by atoms with Gasteiger partial charge < -0.3 is 15.6 Å². The summed E-state index contributed by atoms with van der Waals surface area (Å²) < 4.78 is 24.9. The molecule has 0 amide bonds. The number of hydrogen-bond donors (Lipinski definition) is 2. The summed E-state index contributed by atoms with van der Waals surface area (Å²) >= 11 is 6.18. The third-order valence-electron chi connectivity index (χ3n) is 3.87. The van der Waals surface area contributed by atoms with Crippen molar-refractivity contribution in [2.75, 3.05) is 18.5 Å². The lowest BCUT2D eigenvalue weighted by Gasteiger charge is -2.18. The molecule has 1 aromatic heterocycles. The van der Waals surface area contributed by atoms with E-state index in [1.165, 1.54) is 0 Å². The van der Waals surface area contributed by atoms with Gasteiger partial charge in [0.25, 0.3) is 0 Å². The van der Waals surface area contributed by atoms with Gasteiger partial charge in [-0.25, -0.2) is 14.5 Å². The highest BCUT2D eigenvalue weighted by Gasteiger charge is 2.24. The minimum absolute atomic E-state index is 0.233. The lowest BCUT2D eigenvalue weighted by Crippen LogP contribution is -2.28. The van der Waals surface area contributed by atoms with Crippen LogP contribution >= 0.6 is 19.2 Å². The molecule has 0 spiro atoms. The number of nitrogens with two attached hydrogens (primary N) is 1. The Morgan fingerprint density at radius 1 is 1.32 bits per heavy atom. The first kappa shape index (κ1) is 20.4. The van der Waals surface area contributed by atoms with Gasteiger partial charge in [-0.1, -0.05) is 35.7 Å². The molecule has 28 heavy (non-hydrogen) atoms. The molecule has 0 saturated carbocycles. The number of nitrogens with zero attached hydrogens (tertiary/aromatic N) is 3. The van der Waals surface area contributed by atoms with Gasteiger partial charge in [0, 0.05) is 11.2 Å². The molecule has 1 unspecified atom stereocenters. The molecule has 1 aliphatic rings. The zero-order valence-corrected chi connectivity index (χ0v) is 17.2. The highest BCUT2D eigenvalue weighted by molar-refractivity contribution is 7.59. The maximum Gasteiger partial charge on any atom is 0.405 e. The second-order valence-corrected chi connectivity index (χ2v) is 7.96. The zero-order chi connectivity index (χ0) is 20.1. The Hall–Kier alpha value is -2.30. The van der Waals surface area contributed by atoms with Crippen LogP contribution in [0.4, 0.5) is 5.82 Å². The van der Waals surface area contributed by atoms with Crippen molar-refractivity contribution in [3.63, 3.8) is 0 Å². The van der Waals surface area contributed by atoms with Crippen LogP contribution in [0.5, 0.6) is 0 Å². The van der Waals surface area contributed by atoms with Crippen molar-refractivity contribution in [2.24, 2.45) is 10.7 Å². The summed E-state index contributed by atoms with van der Waals surface area (Å²) in [7, 11) is -3.45. The predicted molar refractivity (Wildman–Crippen MR) is 109 cm³/mol. The van der Waals surface area contributed by atoms with Gasteiger partial charge in [0.2, 0.25) is 0 Å². The highest BCUT2D eigenvalue weighted by Crippen LogP contribution is 2.46. The van der Waals surface area contributed by atoms with E-state index >= 15 is 0 Å². The number of hydrogen-bond acceptors (Lipinski definition) is 7. The molecule has 148 valence electrons. The smallest absolute Gasteiger partial charge is 0.370 e. The van der Waals surface area contributed by atoms with E-state index in [1.54, 1.807) is 20.2 Å². The highest BCUT2D eigenvalue weighted by atomic mass is 35.5. The van der Waals surface area contributed by atoms with Crippen LogP contribution in [0, 0.1) is 11.6 Å². The van der Waals surface area contributed by atoms with Crippen molar-refractivity contribution in [3.05, 3.63) is 47.4 Å². The molecule has 0 fully saturated rings. The van der Waals surface area contributed by atoms with E-state index in [-0.39, 0.29) is 19.2 Å². The second kappa shape index (κ2) is 8.80. The molecule has 3 rings (SSSR count). The molecular weight excluding hydrogens is 401 g/mol. The topological polar surface area (TPSA) is 104 Å². The molecular formula is C18H21ClN5O3P. The molecule has 0 bridgehead atoms. The molecule has 1 atom stereocenters. The summed E-state index contributed by atoms with van der Waals surface area (Å²) in [4.78, 5) is 8.36. The number of anilines is 1. The number of halogens is 1. The Kier molecular flexibility index (Phi) is 6.42. The van der Waals surface area contributed by atoms with Crippen molar-refractivity contribution < 1.29 is 13.6 Å². The molecule has 3 N–H and O–H groups in total. The fraction of sp³-hybridized carbons (Fsp3) is 0.333. The van der Waals surface area contributed by atoms with Crippen molar-refractivity contribution in [1.82, 2.24) is 9.55 Å². The van der Waals surface area contributed by atoms with Crippen LogP contribution in [0.2, 0.25) is 0 Å². The van der Waals surface area contributed by atoms with E-state index in [0.29, 0.717) is 23.6 Å². The van der Waals surface area contributed by atoms with Crippen LogP contribution in [0.3, 0.4) is 0 Å². The number of imidazole rings is 1. The third-order valence-corrected chi connectivity index (χ3v) is 5.76. The van der Waals surface area contributed by atoms with Crippen molar-refractivity contribution >= 4 is 31.0 Å². The molecule has 0 radical (unpaired) electrons. The summed E-state index contributed by atoms with van der Waals surface area (Å²) in [6.45, 7) is 4.46. The fourth-order valence-corrected chi connectivity index (χ4v) is 4.10. The first-order valence-electron chi connectivity index (χ1n) is 8.75. The molecule has 1 aliphatic heterocycles. The molecule has 10 heteroatoms. The lowest BCUT2D eigenvalue weighted by atomic mass is 10.1. The molecule has 1 aromatic carbocycles. The van der Waals surface area contributed by atoms with Gasteiger partial charge in [0.15, 0.2) is 11.5 Å². The average Bonchev–Trinajstić information content (AvgIpc) is 3.04. The fourth-order valence-electron chi connectivity index (χ4n) is 2.70. The minimum atomic E-state index is -3.45. The summed E-state index contributed by atoms with van der Waals surface area (Å²) in [6.07, 6.45) is 1.66. The normalized spacial score (nSPS) is 15.8. The Labute approximate surface area is 168 Å². The Balaban J connectivity index is 1.90. The lowest BCUT2D eigenvalue weighted by molar-refractivity contribution is 0.230. The number of fused-ring (bicyclic) bond motifs is 1. The molecule has 2 aromatic rings. The monoisotopic (exact) mass is 421 g/mol. The number of alkyl halides is 1. The summed E-state index contributed by atoms with van der Waals surface area (Å²) in [5, 5.41) is 2.99. The summed E-state index contributed by atoms with van der Waals surface area (Å²) in [5.74, 6) is 3.86. The molecule has 8 nitrogen and oxygen atoms in total. The van der Waals surface area contributed by atoms with E-state index in [9.17, 15) is 4.57 Å².